The van der Waals surface area contributed by atoms with Gasteiger partial charge in [0.25, 0.3) is 0 Å². The maximum Gasteiger partial charge on any atom is 0.376 e. The average molecular weight is 363 g/mol. The highest BCUT2D eigenvalue weighted by molar-refractivity contribution is 5.91. The predicted octanol–water partition coefficient (Wildman–Crippen LogP) is 2.77. The molecule has 1 aromatic heterocycles. The number of rotatable bonds is 6. The number of nitrogen functional groups attached to an aromatic ring is 1. The van der Waals surface area contributed by atoms with Gasteiger partial charge in [-0.25, -0.2) is 19.6 Å². The first-order chi connectivity index (χ1) is 13.1. The summed E-state index contributed by atoms with van der Waals surface area (Å²) in [6, 6.07) is 19.6. The van der Waals surface area contributed by atoms with Gasteiger partial charge in [0.1, 0.15) is 19.0 Å². The third-order valence-corrected chi connectivity index (χ3v) is 3.56. The van der Waals surface area contributed by atoms with E-state index < -0.39 is 11.9 Å². The molecule has 0 atom stereocenters. The van der Waals surface area contributed by atoms with Crippen molar-refractivity contribution >= 4 is 17.8 Å². The summed E-state index contributed by atoms with van der Waals surface area (Å²) >= 11 is 0. The van der Waals surface area contributed by atoms with Crippen molar-refractivity contribution in [2.45, 2.75) is 13.2 Å². The number of aromatic nitrogens is 2. The summed E-state index contributed by atoms with van der Waals surface area (Å²) in [5, 5.41) is 0. The molecule has 0 radical (unpaired) electrons. The second-order valence-corrected chi connectivity index (χ2v) is 5.63. The average Bonchev–Trinajstić information content (AvgIpc) is 2.71. The highest BCUT2D eigenvalue weighted by Gasteiger charge is 2.18. The minimum atomic E-state index is -0.775. The zero-order valence-corrected chi connectivity index (χ0v) is 14.4. The number of esters is 2. The number of benzene rings is 2. The van der Waals surface area contributed by atoms with E-state index in [-0.39, 0.29) is 30.5 Å². The number of carbonyl (C=O) groups is 2. The Morgan fingerprint density at radius 2 is 1.30 bits per heavy atom. The number of nitrogens with zero attached hydrogens (tertiary/aromatic N) is 2. The van der Waals surface area contributed by atoms with Crippen LogP contribution in [0.2, 0.25) is 0 Å². The Labute approximate surface area is 155 Å². The highest BCUT2D eigenvalue weighted by atomic mass is 16.5. The first kappa shape index (κ1) is 18.1. The van der Waals surface area contributed by atoms with E-state index in [1.165, 1.54) is 6.07 Å². The van der Waals surface area contributed by atoms with Gasteiger partial charge in [0, 0.05) is 6.07 Å². The van der Waals surface area contributed by atoms with Crippen LogP contribution in [0, 0.1) is 0 Å². The molecule has 0 fully saturated rings. The quantitative estimate of drug-likeness (QED) is 0.671. The fourth-order valence-electron chi connectivity index (χ4n) is 2.25. The Hall–Kier alpha value is -3.74. The molecule has 3 rings (SSSR count). The Balaban J connectivity index is 1.66. The molecule has 0 bridgehead atoms. The van der Waals surface area contributed by atoms with E-state index in [4.69, 9.17) is 15.2 Å². The van der Waals surface area contributed by atoms with E-state index in [1.54, 1.807) is 0 Å². The predicted molar refractivity (Wildman–Crippen MR) is 97.6 cm³/mol. The molecule has 136 valence electrons. The lowest BCUT2D eigenvalue weighted by Crippen LogP contribution is -2.16. The normalized spacial score (nSPS) is 10.2. The van der Waals surface area contributed by atoms with Gasteiger partial charge in [-0.2, -0.15) is 0 Å². The second kappa shape index (κ2) is 8.57. The van der Waals surface area contributed by atoms with Crippen molar-refractivity contribution in [3.63, 3.8) is 0 Å². The summed E-state index contributed by atoms with van der Waals surface area (Å²) < 4.78 is 10.4. The zero-order valence-electron chi connectivity index (χ0n) is 14.4. The SMILES string of the molecule is Nc1cc(C(=O)OCc2ccccc2)nc(C(=O)OCc2ccccc2)n1. The molecule has 7 heteroatoms. The molecule has 1 heterocycles. The van der Waals surface area contributed by atoms with Gasteiger partial charge < -0.3 is 15.2 Å². The summed E-state index contributed by atoms with van der Waals surface area (Å²) in [6.07, 6.45) is 0. The molecule has 0 aliphatic carbocycles. The number of hydrogen-bond acceptors (Lipinski definition) is 7. The molecule has 0 saturated carbocycles. The van der Waals surface area contributed by atoms with E-state index in [9.17, 15) is 9.59 Å². The lowest BCUT2D eigenvalue weighted by atomic mass is 10.2. The molecular weight excluding hydrogens is 346 g/mol. The van der Waals surface area contributed by atoms with Crippen molar-refractivity contribution in [3.8, 4) is 0 Å². The largest absolute Gasteiger partial charge is 0.456 e. The summed E-state index contributed by atoms with van der Waals surface area (Å²) in [4.78, 5) is 32.1. The van der Waals surface area contributed by atoms with Crippen LogP contribution in [0.5, 0.6) is 0 Å². The van der Waals surface area contributed by atoms with Crippen LogP contribution < -0.4 is 5.73 Å². The van der Waals surface area contributed by atoms with Gasteiger partial charge in [0.05, 0.1) is 0 Å². The highest BCUT2D eigenvalue weighted by Crippen LogP contribution is 2.10. The number of anilines is 1. The summed E-state index contributed by atoms with van der Waals surface area (Å²) in [6.45, 7) is 0.142. The Kier molecular flexibility index (Phi) is 5.73. The van der Waals surface area contributed by atoms with Crippen molar-refractivity contribution in [1.29, 1.82) is 0 Å². The molecular formula is C20H17N3O4. The van der Waals surface area contributed by atoms with Crippen LogP contribution in [0.1, 0.15) is 32.2 Å². The standard InChI is InChI=1S/C20H17N3O4/c21-17-11-16(19(24)26-12-14-7-3-1-4-8-14)22-18(23-17)20(25)27-13-15-9-5-2-6-10-15/h1-11H,12-13H2,(H2,21,22,23). The molecule has 0 unspecified atom stereocenters. The van der Waals surface area contributed by atoms with Crippen LogP contribution in [-0.2, 0) is 22.7 Å². The molecule has 0 aliphatic rings. The van der Waals surface area contributed by atoms with Gasteiger partial charge in [0.2, 0.25) is 5.82 Å². The third-order valence-electron chi connectivity index (χ3n) is 3.56. The van der Waals surface area contributed by atoms with E-state index in [1.807, 2.05) is 60.7 Å². The number of nitrogens with two attached hydrogens (primary N) is 1. The molecule has 0 saturated heterocycles. The summed E-state index contributed by atoms with van der Waals surface area (Å²) in [5.74, 6) is -1.80. The van der Waals surface area contributed by atoms with Crippen LogP contribution in [0.15, 0.2) is 66.7 Å². The van der Waals surface area contributed by atoms with Crippen LogP contribution in [0.25, 0.3) is 0 Å². The van der Waals surface area contributed by atoms with E-state index in [0.717, 1.165) is 11.1 Å². The Morgan fingerprint density at radius 3 is 1.85 bits per heavy atom. The Bertz CT molecular complexity index is 857. The topological polar surface area (TPSA) is 104 Å². The van der Waals surface area contributed by atoms with E-state index in [2.05, 4.69) is 9.97 Å². The lowest BCUT2D eigenvalue weighted by molar-refractivity contribution is 0.0451. The van der Waals surface area contributed by atoms with Crippen molar-refractivity contribution in [2.24, 2.45) is 0 Å². The molecule has 0 spiro atoms. The van der Waals surface area contributed by atoms with Crippen molar-refractivity contribution < 1.29 is 19.1 Å². The number of carbonyl (C=O) groups excluding carboxylic acids is 2. The minimum Gasteiger partial charge on any atom is -0.456 e. The molecule has 0 amide bonds. The number of hydrogen-bond donors (Lipinski definition) is 1. The van der Waals surface area contributed by atoms with E-state index in [0.29, 0.717) is 0 Å². The fraction of sp³-hybridized carbons (Fsp3) is 0.100. The van der Waals surface area contributed by atoms with Crippen LogP contribution in [-0.4, -0.2) is 21.9 Å². The first-order valence-electron chi connectivity index (χ1n) is 8.18. The minimum absolute atomic E-state index is 0.0247. The van der Waals surface area contributed by atoms with E-state index >= 15 is 0 Å². The van der Waals surface area contributed by atoms with Gasteiger partial charge in [0.15, 0.2) is 5.69 Å². The maximum absolute atomic E-state index is 12.2. The smallest absolute Gasteiger partial charge is 0.376 e. The summed E-state index contributed by atoms with van der Waals surface area (Å²) in [7, 11) is 0. The zero-order chi connectivity index (χ0) is 19.1. The lowest BCUT2D eigenvalue weighted by Gasteiger charge is -2.07. The van der Waals surface area contributed by atoms with Crippen molar-refractivity contribution in [3.05, 3.63) is 89.4 Å². The van der Waals surface area contributed by atoms with Gasteiger partial charge in [-0.05, 0) is 11.1 Å². The fourth-order valence-corrected chi connectivity index (χ4v) is 2.25. The van der Waals surface area contributed by atoms with Gasteiger partial charge in [-0.1, -0.05) is 60.7 Å². The molecule has 27 heavy (non-hydrogen) atoms. The molecule has 2 N–H and O–H groups in total. The summed E-state index contributed by atoms with van der Waals surface area (Å²) in [5.41, 5.74) is 7.22. The van der Waals surface area contributed by atoms with Crippen LogP contribution in [0.4, 0.5) is 5.82 Å². The molecule has 0 aliphatic heterocycles. The first-order valence-corrected chi connectivity index (χ1v) is 8.18. The Morgan fingerprint density at radius 1 is 0.778 bits per heavy atom. The van der Waals surface area contributed by atoms with Crippen LogP contribution in [0.3, 0.4) is 0 Å². The van der Waals surface area contributed by atoms with Crippen molar-refractivity contribution in [2.75, 3.05) is 5.73 Å². The van der Waals surface area contributed by atoms with Crippen molar-refractivity contribution in [1.82, 2.24) is 9.97 Å². The second-order valence-electron chi connectivity index (χ2n) is 5.63. The monoisotopic (exact) mass is 363 g/mol. The van der Waals surface area contributed by atoms with Gasteiger partial charge >= 0.3 is 11.9 Å². The number of ether oxygens (including phenoxy) is 2. The molecule has 3 aromatic rings. The molecule has 2 aromatic carbocycles. The van der Waals surface area contributed by atoms with Gasteiger partial charge in [-0.15, -0.1) is 0 Å². The maximum atomic E-state index is 12.2. The molecule has 7 nitrogen and oxygen atoms in total. The van der Waals surface area contributed by atoms with Gasteiger partial charge in [-0.3, -0.25) is 0 Å². The third kappa shape index (κ3) is 5.12. The van der Waals surface area contributed by atoms with Crippen LogP contribution >= 0.6 is 0 Å².